The number of hydrogen-bond acceptors (Lipinski definition) is 4. The van der Waals surface area contributed by atoms with E-state index in [4.69, 9.17) is 4.84 Å². The highest BCUT2D eigenvalue weighted by Gasteiger charge is 2.30. The molecule has 5 nitrogen and oxygen atoms in total. The molecule has 120 valence electrons. The van der Waals surface area contributed by atoms with Gasteiger partial charge < -0.3 is 0 Å². The van der Waals surface area contributed by atoms with Gasteiger partial charge in [-0.25, -0.2) is 0 Å². The van der Waals surface area contributed by atoms with Crippen molar-refractivity contribution in [3.05, 3.63) is 72.1 Å². The minimum absolute atomic E-state index is 0.200. The van der Waals surface area contributed by atoms with E-state index in [1.807, 2.05) is 42.5 Å². The molecule has 1 aliphatic rings. The molecule has 5 heteroatoms. The molecule has 1 N–H and O–H groups in total. The van der Waals surface area contributed by atoms with Gasteiger partial charge in [-0.05, 0) is 23.3 Å². The molecule has 2 aromatic carbocycles. The van der Waals surface area contributed by atoms with Gasteiger partial charge in [-0.3, -0.25) is 20.0 Å². The molecule has 0 spiro atoms. The lowest BCUT2D eigenvalue weighted by molar-refractivity contribution is 0.0809. The molecule has 0 aromatic heterocycles. The standard InChI is InChI=1S/C19H17N3O2/c1-24-21-17-11-18(12-20)22(13-17)19(23)16-9-7-15(8-10-16)14-5-3-2-4-6-14/h2-10,13,18,21H,11H2,1H3/t18-/m0/s1. The maximum absolute atomic E-state index is 12.7. The minimum Gasteiger partial charge on any atom is -0.296 e. The zero-order valence-corrected chi connectivity index (χ0v) is 13.3. The van der Waals surface area contributed by atoms with Crippen molar-refractivity contribution in [3.8, 4) is 17.2 Å². The molecular weight excluding hydrogens is 302 g/mol. The molecule has 0 bridgehead atoms. The third-order valence-corrected chi connectivity index (χ3v) is 3.90. The fourth-order valence-corrected chi connectivity index (χ4v) is 2.71. The molecule has 0 unspecified atom stereocenters. The Morgan fingerprint density at radius 1 is 1.17 bits per heavy atom. The molecule has 1 aliphatic heterocycles. The minimum atomic E-state index is -0.524. The molecule has 24 heavy (non-hydrogen) atoms. The number of amides is 1. The van der Waals surface area contributed by atoms with Crippen LogP contribution in [-0.2, 0) is 4.84 Å². The number of hydrogen-bond donors (Lipinski definition) is 1. The summed E-state index contributed by atoms with van der Waals surface area (Å²) in [4.78, 5) is 19.0. The summed E-state index contributed by atoms with van der Waals surface area (Å²) >= 11 is 0. The Labute approximate surface area is 140 Å². The monoisotopic (exact) mass is 319 g/mol. The van der Waals surface area contributed by atoms with Crippen molar-refractivity contribution in [1.29, 1.82) is 5.26 Å². The van der Waals surface area contributed by atoms with Crippen molar-refractivity contribution < 1.29 is 9.63 Å². The summed E-state index contributed by atoms with van der Waals surface area (Å²) in [6.45, 7) is 0. The van der Waals surface area contributed by atoms with Crippen LogP contribution in [0.2, 0.25) is 0 Å². The van der Waals surface area contributed by atoms with Gasteiger partial charge in [-0.15, -0.1) is 0 Å². The van der Waals surface area contributed by atoms with Crippen LogP contribution in [0.25, 0.3) is 11.1 Å². The van der Waals surface area contributed by atoms with Crippen LogP contribution in [0.5, 0.6) is 0 Å². The van der Waals surface area contributed by atoms with E-state index < -0.39 is 6.04 Å². The van der Waals surface area contributed by atoms with Crippen molar-refractivity contribution >= 4 is 5.91 Å². The van der Waals surface area contributed by atoms with Crippen LogP contribution in [0.3, 0.4) is 0 Å². The van der Waals surface area contributed by atoms with Crippen LogP contribution < -0.4 is 5.48 Å². The summed E-state index contributed by atoms with van der Waals surface area (Å²) in [5.74, 6) is -0.200. The quantitative estimate of drug-likeness (QED) is 0.880. The fraction of sp³-hybridized carbons (Fsp3) is 0.158. The van der Waals surface area contributed by atoms with Gasteiger partial charge in [-0.1, -0.05) is 42.5 Å². The summed E-state index contributed by atoms with van der Waals surface area (Å²) in [5.41, 5.74) is 6.09. The van der Waals surface area contributed by atoms with E-state index in [1.165, 1.54) is 12.0 Å². The number of rotatable bonds is 4. The van der Waals surface area contributed by atoms with Crippen LogP contribution in [0.15, 0.2) is 66.5 Å². The number of nitrogens with one attached hydrogen (secondary N) is 1. The third-order valence-electron chi connectivity index (χ3n) is 3.90. The normalized spacial score (nSPS) is 16.4. The number of nitrogens with zero attached hydrogens (tertiary/aromatic N) is 2. The SMILES string of the molecule is CONC1=CN(C(=O)c2ccc(-c3ccccc3)cc2)[C@H](C#N)C1. The van der Waals surface area contributed by atoms with E-state index >= 15 is 0 Å². The Hall–Kier alpha value is -3.10. The zero-order chi connectivity index (χ0) is 16.9. The van der Waals surface area contributed by atoms with E-state index in [-0.39, 0.29) is 5.91 Å². The number of nitriles is 1. The Balaban J connectivity index is 1.81. The Kier molecular flexibility index (Phi) is 4.59. The van der Waals surface area contributed by atoms with Crippen molar-refractivity contribution in [2.24, 2.45) is 0 Å². The lowest BCUT2D eigenvalue weighted by Gasteiger charge is -2.17. The largest absolute Gasteiger partial charge is 0.296 e. The van der Waals surface area contributed by atoms with Crippen molar-refractivity contribution in [2.75, 3.05) is 7.11 Å². The van der Waals surface area contributed by atoms with Gasteiger partial charge in [0, 0.05) is 18.2 Å². The first kappa shape index (κ1) is 15.8. The van der Waals surface area contributed by atoms with Gasteiger partial charge in [-0.2, -0.15) is 5.26 Å². The highest BCUT2D eigenvalue weighted by atomic mass is 16.6. The average molecular weight is 319 g/mol. The molecule has 0 fully saturated rings. The molecule has 3 rings (SSSR count). The summed E-state index contributed by atoms with van der Waals surface area (Å²) < 4.78 is 0. The zero-order valence-electron chi connectivity index (χ0n) is 13.3. The molecule has 0 aliphatic carbocycles. The molecule has 0 saturated heterocycles. The summed E-state index contributed by atoms with van der Waals surface area (Å²) in [6.07, 6.45) is 2.06. The molecule has 0 saturated carbocycles. The molecule has 1 amide bonds. The number of benzene rings is 2. The van der Waals surface area contributed by atoms with E-state index in [1.54, 1.807) is 18.3 Å². The van der Waals surface area contributed by atoms with E-state index in [9.17, 15) is 10.1 Å². The fourth-order valence-electron chi connectivity index (χ4n) is 2.71. The second-order valence-electron chi connectivity index (χ2n) is 5.47. The van der Waals surface area contributed by atoms with Crippen LogP contribution >= 0.6 is 0 Å². The Morgan fingerprint density at radius 2 is 1.83 bits per heavy atom. The summed E-state index contributed by atoms with van der Waals surface area (Å²) in [5, 5.41) is 9.27. The van der Waals surface area contributed by atoms with E-state index in [2.05, 4.69) is 11.5 Å². The Morgan fingerprint density at radius 3 is 2.46 bits per heavy atom. The van der Waals surface area contributed by atoms with Crippen LogP contribution in [0.1, 0.15) is 16.8 Å². The maximum atomic E-state index is 12.7. The molecule has 1 heterocycles. The second-order valence-corrected chi connectivity index (χ2v) is 5.47. The van der Waals surface area contributed by atoms with Crippen molar-refractivity contribution in [2.45, 2.75) is 12.5 Å². The van der Waals surface area contributed by atoms with Gasteiger partial charge in [0.05, 0.1) is 18.9 Å². The van der Waals surface area contributed by atoms with Crippen molar-refractivity contribution in [3.63, 3.8) is 0 Å². The van der Waals surface area contributed by atoms with Crippen LogP contribution in [0, 0.1) is 11.3 Å². The average Bonchev–Trinajstić information content (AvgIpc) is 3.05. The first-order valence-electron chi connectivity index (χ1n) is 7.60. The third kappa shape index (κ3) is 3.14. The number of hydroxylamine groups is 1. The number of carbonyl (C=O) groups is 1. The van der Waals surface area contributed by atoms with E-state index in [0.29, 0.717) is 17.7 Å². The van der Waals surface area contributed by atoms with Crippen molar-refractivity contribution in [1.82, 2.24) is 10.4 Å². The van der Waals surface area contributed by atoms with Gasteiger partial charge in [0.2, 0.25) is 0 Å². The first-order valence-corrected chi connectivity index (χ1v) is 7.60. The maximum Gasteiger partial charge on any atom is 0.259 e. The molecule has 1 atom stereocenters. The first-order chi connectivity index (χ1) is 11.7. The Bertz CT molecular complexity index is 792. The number of carbonyl (C=O) groups excluding carboxylic acids is 1. The second kappa shape index (κ2) is 6.99. The van der Waals surface area contributed by atoms with Gasteiger partial charge in [0.1, 0.15) is 6.04 Å². The highest BCUT2D eigenvalue weighted by molar-refractivity contribution is 5.96. The predicted octanol–water partition coefficient (Wildman–Crippen LogP) is 3.08. The smallest absolute Gasteiger partial charge is 0.259 e. The van der Waals surface area contributed by atoms with Gasteiger partial charge in [0.15, 0.2) is 0 Å². The lowest BCUT2D eigenvalue weighted by Crippen LogP contribution is -2.31. The van der Waals surface area contributed by atoms with Crippen LogP contribution in [-0.4, -0.2) is 24.0 Å². The van der Waals surface area contributed by atoms with Gasteiger partial charge in [0.25, 0.3) is 5.91 Å². The van der Waals surface area contributed by atoms with Gasteiger partial charge >= 0.3 is 0 Å². The molecular formula is C19H17N3O2. The highest BCUT2D eigenvalue weighted by Crippen LogP contribution is 2.24. The predicted molar refractivity (Wildman–Crippen MR) is 90.3 cm³/mol. The van der Waals surface area contributed by atoms with Crippen LogP contribution in [0.4, 0.5) is 0 Å². The van der Waals surface area contributed by atoms with E-state index in [0.717, 1.165) is 11.1 Å². The summed E-state index contributed by atoms with van der Waals surface area (Å²) in [7, 11) is 1.50. The molecule has 2 aromatic rings. The summed E-state index contributed by atoms with van der Waals surface area (Å²) in [6, 6.07) is 19.0. The molecule has 0 radical (unpaired) electrons. The lowest BCUT2D eigenvalue weighted by atomic mass is 10.0. The topological polar surface area (TPSA) is 65.4 Å².